The van der Waals surface area contributed by atoms with Crippen LogP contribution in [0.25, 0.3) is 0 Å². The van der Waals surface area contributed by atoms with Crippen LogP contribution in [0.1, 0.15) is 41.0 Å². The van der Waals surface area contributed by atoms with Gasteiger partial charge in [-0.1, -0.05) is 18.2 Å². The molecule has 2 aromatic carbocycles. The summed E-state index contributed by atoms with van der Waals surface area (Å²) in [5, 5.41) is 3.49. The molecule has 1 heterocycles. The van der Waals surface area contributed by atoms with Crippen molar-refractivity contribution in [2.45, 2.75) is 40.4 Å². The molecule has 1 N–H and O–H groups in total. The van der Waals surface area contributed by atoms with Crippen LogP contribution in [0.15, 0.2) is 46.9 Å². The van der Waals surface area contributed by atoms with E-state index in [0.717, 1.165) is 55.4 Å². The number of pyridine rings is 1. The maximum Gasteiger partial charge on any atom is 0.145 e. The fraction of sp³-hybridized carbons (Fsp3) is 0.320. The summed E-state index contributed by atoms with van der Waals surface area (Å²) in [6, 6.07) is 14.0. The van der Waals surface area contributed by atoms with Crippen LogP contribution in [0.4, 0.5) is 11.5 Å². The third-order valence-corrected chi connectivity index (χ3v) is 6.02. The molecule has 164 valence electrons. The van der Waals surface area contributed by atoms with E-state index in [0.29, 0.717) is 6.61 Å². The van der Waals surface area contributed by atoms with E-state index in [-0.39, 0.29) is 6.10 Å². The van der Waals surface area contributed by atoms with Gasteiger partial charge in [-0.2, -0.15) is 0 Å². The van der Waals surface area contributed by atoms with Gasteiger partial charge in [-0.3, -0.25) is 0 Å². The van der Waals surface area contributed by atoms with Gasteiger partial charge in [0.25, 0.3) is 0 Å². The molecule has 0 amide bonds. The fourth-order valence-electron chi connectivity index (χ4n) is 3.40. The number of aromatic nitrogens is 1. The van der Waals surface area contributed by atoms with Crippen molar-refractivity contribution in [1.82, 2.24) is 4.98 Å². The number of nitrogens with zero attached hydrogens (tertiary/aromatic N) is 1. The molecule has 0 aliphatic heterocycles. The lowest BCUT2D eigenvalue weighted by atomic mass is 10.1. The van der Waals surface area contributed by atoms with Crippen LogP contribution in [0, 0.1) is 20.8 Å². The predicted octanol–water partition coefficient (Wildman–Crippen LogP) is 6.81. The summed E-state index contributed by atoms with van der Waals surface area (Å²) in [4.78, 5) is 4.77. The Labute approximate surface area is 192 Å². The second-order valence-corrected chi connectivity index (χ2v) is 8.37. The minimum atomic E-state index is -0.0176. The van der Waals surface area contributed by atoms with Crippen LogP contribution in [0.5, 0.6) is 11.5 Å². The van der Waals surface area contributed by atoms with Crippen molar-refractivity contribution in [3.8, 4) is 11.5 Å². The Hall–Kier alpha value is -2.57. The smallest absolute Gasteiger partial charge is 0.145 e. The minimum absolute atomic E-state index is 0.0176. The van der Waals surface area contributed by atoms with Crippen molar-refractivity contribution in [1.29, 1.82) is 0 Å². The first-order valence-corrected chi connectivity index (χ1v) is 11.0. The van der Waals surface area contributed by atoms with Gasteiger partial charge in [0, 0.05) is 29.6 Å². The van der Waals surface area contributed by atoms with Crippen molar-refractivity contribution in [3.63, 3.8) is 0 Å². The Morgan fingerprint density at radius 1 is 1.03 bits per heavy atom. The number of hydrogen-bond donors (Lipinski definition) is 1. The molecular weight excluding hydrogens is 456 g/mol. The number of methoxy groups -OCH3 is 2. The van der Waals surface area contributed by atoms with Gasteiger partial charge < -0.3 is 19.5 Å². The zero-order chi connectivity index (χ0) is 22.5. The molecular formula is C25H29BrN2O3. The molecule has 1 atom stereocenters. The highest BCUT2D eigenvalue weighted by Crippen LogP contribution is 2.35. The summed E-state index contributed by atoms with van der Waals surface area (Å²) in [6.45, 7) is 8.63. The van der Waals surface area contributed by atoms with Crippen LogP contribution in [0.2, 0.25) is 0 Å². The monoisotopic (exact) mass is 484 g/mol. The Morgan fingerprint density at radius 3 is 2.39 bits per heavy atom. The Morgan fingerprint density at radius 2 is 1.74 bits per heavy atom. The van der Waals surface area contributed by atoms with Gasteiger partial charge in [0.1, 0.15) is 23.9 Å². The highest BCUT2D eigenvalue weighted by Gasteiger charge is 2.15. The maximum atomic E-state index is 6.12. The number of nitrogens with one attached hydrogen (secondary N) is 1. The largest absolute Gasteiger partial charge is 0.497 e. The number of anilines is 2. The average molecular weight is 485 g/mol. The molecule has 3 aromatic rings. The zero-order valence-electron chi connectivity index (χ0n) is 18.9. The molecule has 0 saturated carbocycles. The number of rotatable bonds is 8. The SMILES string of the molecule is COc1ccc(COc2ccc(C)c(Nc3nc(C)c(C(C)OC)cc3Br)c2C)cc1. The van der Waals surface area contributed by atoms with Crippen LogP contribution >= 0.6 is 15.9 Å². The Balaban J connectivity index is 1.83. The van der Waals surface area contributed by atoms with Gasteiger partial charge in [-0.15, -0.1) is 0 Å². The van der Waals surface area contributed by atoms with E-state index in [2.05, 4.69) is 47.2 Å². The molecule has 5 nitrogen and oxygen atoms in total. The fourth-order valence-corrected chi connectivity index (χ4v) is 3.83. The van der Waals surface area contributed by atoms with Gasteiger partial charge in [0.15, 0.2) is 0 Å². The second kappa shape index (κ2) is 10.2. The predicted molar refractivity (Wildman–Crippen MR) is 129 cm³/mol. The quantitative estimate of drug-likeness (QED) is 0.380. The first-order chi connectivity index (χ1) is 14.8. The third-order valence-electron chi connectivity index (χ3n) is 5.42. The summed E-state index contributed by atoms with van der Waals surface area (Å²) in [6.07, 6.45) is -0.0176. The van der Waals surface area contributed by atoms with E-state index in [1.807, 2.05) is 44.2 Å². The normalized spacial score (nSPS) is 11.8. The van der Waals surface area contributed by atoms with E-state index in [1.54, 1.807) is 14.2 Å². The zero-order valence-corrected chi connectivity index (χ0v) is 20.5. The van der Waals surface area contributed by atoms with Gasteiger partial charge in [0.2, 0.25) is 0 Å². The Kier molecular flexibility index (Phi) is 7.57. The van der Waals surface area contributed by atoms with Gasteiger partial charge in [-0.05, 0) is 79.0 Å². The topological polar surface area (TPSA) is 52.6 Å². The van der Waals surface area contributed by atoms with E-state index < -0.39 is 0 Å². The van der Waals surface area contributed by atoms with Crippen molar-refractivity contribution in [3.05, 3.63) is 74.9 Å². The minimum Gasteiger partial charge on any atom is -0.497 e. The van der Waals surface area contributed by atoms with Crippen molar-refractivity contribution in [2.24, 2.45) is 0 Å². The molecule has 0 spiro atoms. The molecule has 0 bridgehead atoms. The van der Waals surface area contributed by atoms with Crippen LogP contribution in [-0.4, -0.2) is 19.2 Å². The Bertz CT molecular complexity index is 1050. The standard InChI is InChI=1S/C25H29BrN2O3/c1-15-7-12-23(31-14-19-8-10-20(30-6)11-9-19)16(2)24(15)28-25-22(26)13-21(17(3)27-25)18(4)29-5/h7-13,18H,14H2,1-6H3,(H,27,28). The van der Waals surface area contributed by atoms with E-state index in [9.17, 15) is 0 Å². The molecule has 1 aromatic heterocycles. The number of halogens is 1. The summed E-state index contributed by atoms with van der Waals surface area (Å²) < 4.78 is 17.7. The summed E-state index contributed by atoms with van der Waals surface area (Å²) >= 11 is 3.65. The first-order valence-electron chi connectivity index (χ1n) is 10.2. The number of benzene rings is 2. The van der Waals surface area contributed by atoms with Crippen LogP contribution in [-0.2, 0) is 11.3 Å². The second-order valence-electron chi connectivity index (χ2n) is 7.51. The average Bonchev–Trinajstić information content (AvgIpc) is 2.77. The number of ether oxygens (including phenoxy) is 3. The van der Waals surface area contributed by atoms with E-state index >= 15 is 0 Å². The van der Waals surface area contributed by atoms with Crippen molar-refractivity contribution < 1.29 is 14.2 Å². The molecule has 1 unspecified atom stereocenters. The third kappa shape index (κ3) is 5.38. The molecule has 0 fully saturated rings. The summed E-state index contributed by atoms with van der Waals surface area (Å²) in [5.74, 6) is 2.44. The lowest BCUT2D eigenvalue weighted by molar-refractivity contribution is 0.118. The summed E-state index contributed by atoms with van der Waals surface area (Å²) in [5.41, 5.74) is 6.22. The number of hydrogen-bond acceptors (Lipinski definition) is 5. The first kappa shape index (κ1) is 23.1. The molecule has 3 rings (SSSR count). The summed E-state index contributed by atoms with van der Waals surface area (Å²) in [7, 11) is 3.37. The van der Waals surface area contributed by atoms with E-state index in [4.69, 9.17) is 19.2 Å². The van der Waals surface area contributed by atoms with Gasteiger partial charge in [0.05, 0.1) is 17.7 Å². The van der Waals surface area contributed by atoms with Gasteiger partial charge in [-0.25, -0.2) is 4.98 Å². The molecule has 0 aliphatic carbocycles. The lowest BCUT2D eigenvalue weighted by Gasteiger charge is -2.19. The van der Waals surface area contributed by atoms with Crippen LogP contribution in [0.3, 0.4) is 0 Å². The van der Waals surface area contributed by atoms with E-state index in [1.165, 1.54) is 0 Å². The van der Waals surface area contributed by atoms with Crippen molar-refractivity contribution in [2.75, 3.05) is 19.5 Å². The lowest BCUT2D eigenvalue weighted by Crippen LogP contribution is -2.06. The molecule has 0 aliphatic rings. The van der Waals surface area contributed by atoms with Crippen LogP contribution < -0.4 is 14.8 Å². The highest BCUT2D eigenvalue weighted by molar-refractivity contribution is 9.10. The van der Waals surface area contributed by atoms with Crippen molar-refractivity contribution >= 4 is 27.4 Å². The molecule has 0 radical (unpaired) electrons. The number of aryl methyl sites for hydroxylation is 2. The molecule has 31 heavy (non-hydrogen) atoms. The molecule has 0 saturated heterocycles. The van der Waals surface area contributed by atoms with Gasteiger partial charge >= 0.3 is 0 Å². The maximum absolute atomic E-state index is 6.12. The highest BCUT2D eigenvalue weighted by atomic mass is 79.9. The molecule has 6 heteroatoms.